The van der Waals surface area contributed by atoms with Gasteiger partial charge < -0.3 is 4.90 Å². The molecular weight excluding hydrogens is 308 g/mol. The van der Waals surface area contributed by atoms with E-state index in [9.17, 15) is 4.79 Å². The van der Waals surface area contributed by atoms with Crippen LogP contribution in [0.15, 0.2) is 41.1 Å². The highest BCUT2D eigenvalue weighted by atomic mass is 79.9. The Hall–Kier alpha value is -1.69. The lowest BCUT2D eigenvalue weighted by molar-refractivity contribution is 0.0786. The summed E-state index contributed by atoms with van der Waals surface area (Å²) in [5, 5.41) is 7.81. The summed E-state index contributed by atoms with van der Waals surface area (Å²) < 4.78 is 2.66. The van der Waals surface area contributed by atoms with Gasteiger partial charge in [0.25, 0.3) is 5.91 Å². The van der Waals surface area contributed by atoms with E-state index in [0.717, 1.165) is 17.4 Å². The third kappa shape index (κ3) is 2.40. The van der Waals surface area contributed by atoms with Gasteiger partial charge in [0, 0.05) is 23.8 Å². The van der Waals surface area contributed by atoms with Crippen LogP contribution in [0.1, 0.15) is 22.8 Å². The zero-order valence-electron chi connectivity index (χ0n) is 10.2. The van der Waals surface area contributed by atoms with E-state index in [2.05, 4.69) is 26.2 Å². The predicted molar refractivity (Wildman–Crippen MR) is 73.7 cm³/mol. The number of nitrogens with zero attached hydrogens (tertiary/aromatic N) is 4. The molecule has 1 aliphatic rings. The van der Waals surface area contributed by atoms with Gasteiger partial charge >= 0.3 is 0 Å². The van der Waals surface area contributed by atoms with Crippen LogP contribution >= 0.6 is 15.9 Å². The Bertz CT molecular complexity index is 584. The maximum absolute atomic E-state index is 12.4. The fourth-order valence-corrected chi connectivity index (χ4v) is 2.81. The maximum Gasteiger partial charge on any atom is 0.255 e. The van der Waals surface area contributed by atoms with Crippen molar-refractivity contribution in [3.8, 4) is 0 Å². The van der Waals surface area contributed by atoms with Crippen molar-refractivity contribution in [3.63, 3.8) is 0 Å². The minimum absolute atomic E-state index is 0.0649. The standard InChI is InChI=1S/C13H13BrN4O/c14-12-4-2-1-3-11(12)13(19)17-7-5-10(9-17)18-8-6-15-16-18/h1-4,6,8,10H,5,7,9H2/t10-/m1/s1. The number of carbonyl (C=O) groups is 1. The molecule has 1 saturated heterocycles. The van der Waals surface area contributed by atoms with Crippen molar-refractivity contribution in [1.82, 2.24) is 19.9 Å². The van der Waals surface area contributed by atoms with Crippen LogP contribution < -0.4 is 0 Å². The number of hydrogen-bond acceptors (Lipinski definition) is 3. The van der Waals surface area contributed by atoms with Gasteiger partial charge in [0.15, 0.2) is 0 Å². The first-order chi connectivity index (χ1) is 9.25. The summed E-state index contributed by atoms with van der Waals surface area (Å²) >= 11 is 3.42. The maximum atomic E-state index is 12.4. The van der Waals surface area contributed by atoms with Crippen LogP contribution in [0.3, 0.4) is 0 Å². The molecule has 1 aromatic carbocycles. The van der Waals surface area contributed by atoms with Gasteiger partial charge in [-0.2, -0.15) is 0 Å². The summed E-state index contributed by atoms with van der Waals surface area (Å²) in [6.45, 7) is 1.44. The molecular formula is C13H13BrN4O. The van der Waals surface area contributed by atoms with Crippen molar-refractivity contribution in [2.45, 2.75) is 12.5 Å². The van der Waals surface area contributed by atoms with Crippen LogP contribution in [0.5, 0.6) is 0 Å². The van der Waals surface area contributed by atoms with Crippen LogP contribution in [0.2, 0.25) is 0 Å². The number of hydrogen-bond donors (Lipinski definition) is 0. The van der Waals surface area contributed by atoms with Gasteiger partial charge in [0.05, 0.1) is 17.8 Å². The van der Waals surface area contributed by atoms with Crippen LogP contribution in [0.4, 0.5) is 0 Å². The van der Waals surface area contributed by atoms with Gasteiger partial charge in [-0.25, -0.2) is 4.68 Å². The number of aromatic nitrogens is 3. The molecule has 2 aromatic rings. The monoisotopic (exact) mass is 320 g/mol. The summed E-state index contributed by atoms with van der Waals surface area (Å²) in [6.07, 6.45) is 4.43. The van der Waals surface area contributed by atoms with E-state index < -0.39 is 0 Å². The molecule has 1 fully saturated rings. The first-order valence-corrected chi connectivity index (χ1v) is 6.94. The zero-order chi connectivity index (χ0) is 13.2. The summed E-state index contributed by atoms with van der Waals surface area (Å²) in [5.41, 5.74) is 0.710. The minimum Gasteiger partial charge on any atom is -0.336 e. The molecule has 0 saturated carbocycles. The fraction of sp³-hybridized carbons (Fsp3) is 0.308. The fourth-order valence-electron chi connectivity index (χ4n) is 2.36. The molecule has 1 aliphatic heterocycles. The number of likely N-dealkylation sites (tertiary alicyclic amines) is 1. The van der Waals surface area contributed by atoms with E-state index in [4.69, 9.17) is 0 Å². The molecule has 0 radical (unpaired) electrons. The predicted octanol–water partition coefficient (Wildman–Crippen LogP) is 2.13. The van der Waals surface area contributed by atoms with Crippen molar-refractivity contribution in [1.29, 1.82) is 0 Å². The topological polar surface area (TPSA) is 51.0 Å². The smallest absolute Gasteiger partial charge is 0.255 e. The molecule has 3 rings (SSSR count). The highest BCUT2D eigenvalue weighted by Crippen LogP contribution is 2.24. The first kappa shape index (κ1) is 12.3. The molecule has 1 amide bonds. The normalized spacial score (nSPS) is 18.8. The van der Waals surface area contributed by atoms with Crippen LogP contribution in [0.25, 0.3) is 0 Å². The molecule has 1 atom stereocenters. The largest absolute Gasteiger partial charge is 0.336 e. The van der Waals surface area contributed by atoms with E-state index in [-0.39, 0.29) is 11.9 Å². The van der Waals surface area contributed by atoms with Crippen molar-refractivity contribution >= 4 is 21.8 Å². The molecule has 0 spiro atoms. The molecule has 19 heavy (non-hydrogen) atoms. The summed E-state index contributed by atoms with van der Waals surface area (Å²) in [4.78, 5) is 14.3. The average molecular weight is 321 g/mol. The Kier molecular flexibility index (Phi) is 3.33. The van der Waals surface area contributed by atoms with E-state index in [0.29, 0.717) is 12.1 Å². The van der Waals surface area contributed by atoms with Gasteiger partial charge in [-0.3, -0.25) is 4.79 Å². The van der Waals surface area contributed by atoms with E-state index in [1.165, 1.54) is 0 Å². The second-order valence-electron chi connectivity index (χ2n) is 4.56. The quantitative estimate of drug-likeness (QED) is 0.851. The van der Waals surface area contributed by atoms with Gasteiger partial charge in [-0.1, -0.05) is 17.3 Å². The highest BCUT2D eigenvalue weighted by Gasteiger charge is 2.29. The molecule has 0 N–H and O–H groups in total. The Labute approximate surface area is 119 Å². The molecule has 0 aliphatic carbocycles. The number of rotatable bonds is 2. The zero-order valence-corrected chi connectivity index (χ0v) is 11.8. The third-order valence-electron chi connectivity index (χ3n) is 3.37. The van der Waals surface area contributed by atoms with Crippen LogP contribution in [-0.2, 0) is 0 Å². The third-order valence-corrected chi connectivity index (χ3v) is 4.06. The van der Waals surface area contributed by atoms with Gasteiger partial charge in [0.1, 0.15) is 0 Å². The van der Waals surface area contributed by atoms with Gasteiger partial charge in [-0.05, 0) is 34.5 Å². The van der Waals surface area contributed by atoms with Crippen LogP contribution in [0, 0.1) is 0 Å². The molecule has 2 heterocycles. The lowest BCUT2D eigenvalue weighted by Gasteiger charge is -2.17. The van der Waals surface area contributed by atoms with Crippen LogP contribution in [-0.4, -0.2) is 38.9 Å². The number of amides is 1. The van der Waals surface area contributed by atoms with E-state index in [1.54, 1.807) is 6.20 Å². The van der Waals surface area contributed by atoms with Crippen molar-refractivity contribution in [2.24, 2.45) is 0 Å². The lowest BCUT2D eigenvalue weighted by atomic mass is 10.2. The molecule has 5 nitrogen and oxygen atoms in total. The molecule has 1 aromatic heterocycles. The van der Waals surface area contributed by atoms with E-state index in [1.807, 2.05) is 40.0 Å². The lowest BCUT2D eigenvalue weighted by Crippen LogP contribution is -2.29. The Morgan fingerprint density at radius 3 is 2.95 bits per heavy atom. The average Bonchev–Trinajstić information content (AvgIpc) is 3.09. The number of benzene rings is 1. The first-order valence-electron chi connectivity index (χ1n) is 6.15. The summed E-state index contributed by atoms with van der Waals surface area (Å²) in [7, 11) is 0. The molecule has 98 valence electrons. The second-order valence-corrected chi connectivity index (χ2v) is 5.41. The van der Waals surface area contributed by atoms with Gasteiger partial charge in [-0.15, -0.1) is 5.10 Å². The molecule has 0 unspecified atom stereocenters. The van der Waals surface area contributed by atoms with Gasteiger partial charge in [0.2, 0.25) is 0 Å². The summed E-state index contributed by atoms with van der Waals surface area (Å²) in [5.74, 6) is 0.0649. The highest BCUT2D eigenvalue weighted by molar-refractivity contribution is 9.10. The minimum atomic E-state index is 0.0649. The SMILES string of the molecule is O=C(c1ccccc1Br)N1CC[C@@H](n2ccnn2)C1. The number of carbonyl (C=O) groups excluding carboxylic acids is 1. The van der Waals surface area contributed by atoms with Crippen molar-refractivity contribution in [3.05, 3.63) is 46.7 Å². The van der Waals surface area contributed by atoms with E-state index >= 15 is 0 Å². The second kappa shape index (κ2) is 5.13. The Morgan fingerprint density at radius 1 is 1.37 bits per heavy atom. The number of halogens is 1. The van der Waals surface area contributed by atoms with Crippen molar-refractivity contribution in [2.75, 3.05) is 13.1 Å². The molecule has 6 heteroatoms. The Balaban J connectivity index is 1.75. The van der Waals surface area contributed by atoms with Crippen molar-refractivity contribution < 1.29 is 4.79 Å². The summed E-state index contributed by atoms with van der Waals surface area (Å²) in [6, 6.07) is 7.74. The molecule has 0 bridgehead atoms. The Morgan fingerprint density at radius 2 is 2.21 bits per heavy atom.